The molecule has 0 saturated carbocycles. The van der Waals surface area contributed by atoms with Gasteiger partial charge >= 0.3 is 0 Å². The zero-order valence-electron chi connectivity index (χ0n) is 16.7. The minimum atomic E-state index is -0.0343. The van der Waals surface area contributed by atoms with Crippen LogP contribution in [0.4, 0.5) is 5.69 Å². The molecule has 0 aliphatic carbocycles. The van der Waals surface area contributed by atoms with Crippen LogP contribution in [0.1, 0.15) is 16.8 Å². The molecule has 1 N–H and O–H groups in total. The lowest BCUT2D eigenvalue weighted by Gasteiger charge is -2.34. The van der Waals surface area contributed by atoms with E-state index in [2.05, 4.69) is 20.1 Å². The minimum Gasteiger partial charge on any atom is -0.325 e. The number of hydrogen-bond donors (Lipinski definition) is 1. The zero-order chi connectivity index (χ0) is 20.4. The maximum absolute atomic E-state index is 12.4. The van der Waals surface area contributed by atoms with E-state index >= 15 is 0 Å². The molecule has 29 heavy (non-hydrogen) atoms. The Hall–Kier alpha value is -2.55. The average Bonchev–Trinajstić information content (AvgIpc) is 3.15. The molecule has 8 heteroatoms. The number of nitrogens with one attached hydrogen (secondary N) is 1. The third kappa shape index (κ3) is 4.72. The number of piperazine rings is 1. The SMILES string of the molecule is Cc1ccc(C)c(NC(=O)CN2CCN(Cc3cc(=O)n4ccsc4n3)CC2)c1. The summed E-state index contributed by atoms with van der Waals surface area (Å²) >= 11 is 1.47. The number of fused-ring (bicyclic) bond motifs is 1. The molecule has 0 bridgehead atoms. The molecule has 0 spiro atoms. The maximum Gasteiger partial charge on any atom is 0.258 e. The van der Waals surface area contributed by atoms with Gasteiger partial charge in [0.15, 0.2) is 4.96 Å². The number of thiazole rings is 1. The van der Waals surface area contributed by atoms with Gasteiger partial charge in [0.1, 0.15) is 0 Å². The van der Waals surface area contributed by atoms with E-state index in [-0.39, 0.29) is 11.5 Å². The zero-order valence-corrected chi connectivity index (χ0v) is 17.5. The molecule has 1 aliphatic rings. The van der Waals surface area contributed by atoms with Gasteiger partial charge in [-0.2, -0.15) is 0 Å². The molecule has 1 amide bonds. The van der Waals surface area contributed by atoms with Crippen LogP contribution < -0.4 is 10.9 Å². The molecular formula is C21H25N5O2S. The molecule has 1 aromatic carbocycles. The largest absolute Gasteiger partial charge is 0.325 e. The Bertz CT molecular complexity index is 1080. The van der Waals surface area contributed by atoms with Crippen molar-refractivity contribution in [3.05, 3.63) is 63.0 Å². The van der Waals surface area contributed by atoms with Crippen LogP contribution in [0.25, 0.3) is 4.96 Å². The molecule has 0 atom stereocenters. The second-order valence-electron chi connectivity index (χ2n) is 7.56. The van der Waals surface area contributed by atoms with Crippen molar-refractivity contribution in [1.82, 2.24) is 19.2 Å². The van der Waals surface area contributed by atoms with Gasteiger partial charge < -0.3 is 5.32 Å². The predicted molar refractivity (Wildman–Crippen MR) is 116 cm³/mol. The van der Waals surface area contributed by atoms with Gasteiger partial charge in [0.2, 0.25) is 5.91 Å². The number of carbonyl (C=O) groups is 1. The first-order valence-electron chi connectivity index (χ1n) is 9.75. The fourth-order valence-electron chi connectivity index (χ4n) is 3.57. The van der Waals surface area contributed by atoms with Crippen molar-refractivity contribution < 1.29 is 4.79 Å². The van der Waals surface area contributed by atoms with E-state index in [1.165, 1.54) is 11.3 Å². The van der Waals surface area contributed by atoms with Crippen molar-refractivity contribution in [2.24, 2.45) is 0 Å². The first kappa shape index (κ1) is 19.8. The first-order valence-corrected chi connectivity index (χ1v) is 10.6. The number of carbonyl (C=O) groups excluding carboxylic acids is 1. The van der Waals surface area contributed by atoms with Gasteiger partial charge in [0, 0.05) is 56.1 Å². The standard InChI is InChI=1S/C21H25N5O2S/c1-15-3-4-16(2)18(11-15)23-19(27)14-25-7-5-24(6-8-25)13-17-12-20(28)26-9-10-29-21(26)22-17/h3-4,9-12H,5-8,13-14H2,1-2H3,(H,23,27). The number of rotatable bonds is 5. The molecule has 1 fully saturated rings. The second kappa shape index (κ2) is 8.44. The molecule has 2 aromatic heterocycles. The number of aromatic nitrogens is 2. The number of nitrogens with zero attached hydrogens (tertiary/aromatic N) is 4. The van der Waals surface area contributed by atoms with Gasteiger partial charge in [-0.05, 0) is 31.0 Å². The highest BCUT2D eigenvalue weighted by molar-refractivity contribution is 7.15. The predicted octanol–water partition coefficient (Wildman–Crippen LogP) is 2.13. The van der Waals surface area contributed by atoms with Gasteiger partial charge in [-0.3, -0.25) is 23.8 Å². The molecule has 3 heterocycles. The smallest absolute Gasteiger partial charge is 0.258 e. The lowest BCUT2D eigenvalue weighted by molar-refractivity contribution is -0.117. The van der Waals surface area contributed by atoms with E-state index in [4.69, 9.17) is 0 Å². The van der Waals surface area contributed by atoms with Gasteiger partial charge in [-0.15, -0.1) is 11.3 Å². The summed E-state index contributed by atoms with van der Waals surface area (Å²) in [6.45, 7) is 8.41. The highest BCUT2D eigenvalue weighted by Gasteiger charge is 2.20. The van der Waals surface area contributed by atoms with Crippen molar-refractivity contribution >= 4 is 27.9 Å². The summed E-state index contributed by atoms with van der Waals surface area (Å²) in [7, 11) is 0. The normalized spacial score (nSPS) is 15.7. The Morgan fingerprint density at radius 2 is 1.90 bits per heavy atom. The summed E-state index contributed by atoms with van der Waals surface area (Å²) in [5, 5.41) is 4.90. The van der Waals surface area contributed by atoms with Crippen molar-refractivity contribution in [3.63, 3.8) is 0 Å². The second-order valence-corrected chi connectivity index (χ2v) is 8.43. The lowest BCUT2D eigenvalue weighted by Crippen LogP contribution is -2.48. The van der Waals surface area contributed by atoms with Gasteiger partial charge in [0.05, 0.1) is 12.2 Å². The van der Waals surface area contributed by atoms with Crippen molar-refractivity contribution in [1.29, 1.82) is 0 Å². The fraction of sp³-hybridized carbons (Fsp3) is 0.381. The Labute approximate surface area is 173 Å². The lowest BCUT2D eigenvalue weighted by atomic mass is 10.1. The van der Waals surface area contributed by atoms with Crippen LogP contribution in [0.15, 0.2) is 40.6 Å². The van der Waals surface area contributed by atoms with E-state index in [0.717, 1.165) is 53.6 Å². The third-order valence-electron chi connectivity index (χ3n) is 5.24. The number of anilines is 1. The topological polar surface area (TPSA) is 70.0 Å². The molecule has 0 radical (unpaired) electrons. The summed E-state index contributed by atoms with van der Waals surface area (Å²) < 4.78 is 1.57. The number of amides is 1. The van der Waals surface area contributed by atoms with E-state index in [1.54, 1.807) is 16.7 Å². The maximum atomic E-state index is 12.4. The van der Waals surface area contributed by atoms with E-state index in [9.17, 15) is 9.59 Å². The Morgan fingerprint density at radius 3 is 2.69 bits per heavy atom. The molecular weight excluding hydrogens is 386 g/mol. The van der Waals surface area contributed by atoms with Crippen LogP contribution >= 0.6 is 11.3 Å². The van der Waals surface area contributed by atoms with Crippen LogP contribution in [0.2, 0.25) is 0 Å². The highest BCUT2D eigenvalue weighted by atomic mass is 32.1. The minimum absolute atomic E-state index is 0.0185. The Kier molecular flexibility index (Phi) is 5.75. The fourth-order valence-corrected chi connectivity index (χ4v) is 4.31. The summed E-state index contributed by atoms with van der Waals surface area (Å²) in [4.78, 5) is 34.3. The van der Waals surface area contributed by atoms with E-state index in [1.807, 2.05) is 37.4 Å². The van der Waals surface area contributed by atoms with Gasteiger partial charge in [0.25, 0.3) is 5.56 Å². The van der Waals surface area contributed by atoms with Gasteiger partial charge in [-0.1, -0.05) is 12.1 Å². The Balaban J connectivity index is 1.29. The Morgan fingerprint density at radius 1 is 1.14 bits per heavy atom. The van der Waals surface area contributed by atoms with Crippen molar-refractivity contribution in [3.8, 4) is 0 Å². The average molecular weight is 412 g/mol. The molecule has 152 valence electrons. The number of benzene rings is 1. The molecule has 1 saturated heterocycles. The van der Waals surface area contributed by atoms with Crippen LogP contribution in [0, 0.1) is 13.8 Å². The molecule has 4 rings (SSSR count). The van der Waals surface area contributed by atoms with Crippen LogP contribution in [-0.4, -0.2) is 57.8 Å². The molecule has 0 unspecified atom stereocenters. The first-order chi connectivity index (χ1) is 14.0. The number of aryl methyl sites for hydroxylation is 2. The summed E-state index contributed by atoms with van der Waals surface area (Å²) in [5.41, 5.74) is 3.86. The van der Waals surface area contributed by atoms with Crippen LogP contribution in [0.3, 0.4) is 0 Å². The van der Waals surface area contributed by atoms with E-state index < -0.39 is 0 Å². The van der Waals surface area contributed by atoms with Crippen LogP contribution in [0.5, 0.6) is 0 Å². The summed E-state index contributed by atoms with van der Waals surface area (Å²) in [5.74, 6) is 0.0185. The van der Waals surface area contributed by atoms with E-state index in [0.29, 0.717) is 13.1 Å². The van der Waals surface area contributed by atoms with Crippen molar-refractivity contribution in [2.45, 2.75) is 20.4 Å². The molecule has 7 nitrogen and oxygen atoms in total. The van der Waals surface area contributed by atoms with Crippen LogP contribution in [-0.2, 0) is 11.3 Å². The summed E-state index contributed by atoms with van der Waals surface area (Å²) in [6, 6.07) is 7.69. The van der Waals surface area contributed by atoms with Gasteiger partial charge in [-0.25, -0.2) is 4.98 Å². The molecule has 3 aromatic rings. The monoisotopic (exact) mass is 411 g/mol. The number of hydrogen-bond acceptors (Lipinski definition) is 6. The highest BCUT2D eigenvalue weighted by Crippen LogP contribution is 2.16. The molecule has 1 aliphatic heterocycles. The quantitative estimate of drug-likeness (QED) is 0.697. The van der Waals surface area contributed by atoms with Crippen molar-refractivity contribution in [2.75, 3.05) is 38.0 Å². The third-order valence-corrected chi connectivity index (χ3v) is 6.00. The summed E-state index contributed by atoms with van der Waals surface area (Å²) in [6.07, 6.45) is 1.75.